The first-order chi connectivity index (χ1) is 15.3. The molecule has 1 aliphatic rings. The second-order valence-corrected chi connectivity index (χ2v) is 9.36. The summed E-state index contributed by atoms with van der Waals surface area (Å²) in [5.41, 5.74) is 1.18. The predicted molar refractivity (Wildman–Crippen MR) is 124 cm³/mol. The lowest BCUT2D eigenvalue weighted by Gasteiger charge is -2.31. The zero-order valence-electron chi connectivity index (χ0n) is 18.0. The van der Waals surface area contributed by atoms with Crippen LogP contribution < -0.4 is 10.6 Å². The molecule has 4 rings (SSSR count). The number of pyridine rings is 1. The quantitative estimate of drug-likeness (QED) is 0.533. The second-order valence-electron chi connectivity index (χ2n) is 8.50. The minimum Gasteiger partial charge on any atom is -0.351 e. The lowest BCUT2D eigenvalue weighted by Crippen LogP contribution is -2.43. The Kier molecular flexibility index (Phi) is 6.30. The molecule has 9 heteroatoms. The molecular weight excluding hydrogens is 477 g/mol. The highest BCUT2D eigenvalue weighted by molar-refractivity contribution is 9.10. The Bertz CT molecular complexity index is 1180. The number of likely N-dealkylation sites (tertiary alicyclic amines) is 1. The van der Waals surface area contributed by atoms with Gasteiger partial charge in [0.25, 0.3) is 11.8 Å². The van der Waals surface area contributed by atoms with E-state index >= 15 is 0 Å². The van der Waals surface area contributed by atoms with Gasteiger partial charge in [-0.1, -0.05) is 6.07 Å². The Labute approximate surface area is 194 Å². The van der Waals surface area contributed by atoms with Crippen molar-refractivity contribution in [2.45, 2.75) is 32.2 Å². The van der Waals surface area contributed by atoms with Crippen molar-refractivity contribution in [2.24, 2.45) is 0 Å². The number of benzene rings is 1. The molecule has 2 N–H and O–H groups in total. The summed E-state index contributed by atoms with van der Waals surface area (Å²) in [6.45, 7) is 6.67. The maximum atomic E-state index is 14.7. The molecule has 3 heterocycles. The van der Waals surface area contributed by atoms with Gasteiger partial charge in [-0.05, 0) is 73.4 Å². The first-order valence-corrected chi connectivity index (χ1v) is 11.3. The van der Waals surface area contributed by atoms with Crippen molar-refractivity contribution in [3.8, 4) is 0 Å². The summed E-state index contributed by atoms with van der Waals surface area (Å²) in [4.78, 5) is 32.0. The van der Waals surface area contributed by atoms with Crippen molar-refractivity contribution in [3.63, 3.8) is 0 Å². The number of carbonyl (C=O) groups excluding carboxylic acids is 2. The van der Waals surface area contributed by atoms with Crippen LogP contribution in [0.2, 0.25) is 0 Å². The van der Waals surface area contributed by atoms with Crippen LogP contribution in [0.15, 0.2) is 47.2 Å². The molecule has 0 unspecified atom stereocenters. The van der Waals surface area contributed by atoms with Crippen LogP contribution in [-0.4, -0.2) is 51.3 Å². The highest BCUT2D eigenvalue weighted by Gasteiger charge is 2.31. The average molecular weight is 502 g/mol. The number of rotatable bonds is 6. The van der Waals surface area contributed by atoms with E-state index in [0.717, 1.165) is 25.9 Å². The van der Waals surface area contributed by atoms with Crippen LogP contribution >= 0.6 is 15.9 Å². The molecule has 0 spiro atoms. The van der Waals surface area contributed by atoms with Crippen LogP contribution in [0.4, 0.5) is 10.1 Å². The van der Waals surface area contributed by atoms with E-state index in [9.17, 15) is 14.0 Å². The molecule has 2 amide bonds. The summed E-state index contributed by atoms with van der Waals surface area (Å²) in [5, 5.41) is 5.45. The third-order valence-corrected chi connectivity index (χ3v) is 6.51. The van der Waals surface area contributed by atoms with Crippen LogP contribution in [0, 0.1) is 5.82 Å². The van der Waals surface area contributed by atoms with Crippen LogP contribution in [0.3, 0.4) is 0 Å². The van der Waals surface area contributed by atoms with Crippen molar-refractivity contribution in [3.05, 3.63) is 64.3 Å². The van der Waals surface area contributed by atoms with Gasteiger partial charge in [0, 0.05) is 30.4 Å². The number of fused-ring (bicyclic) bond motifs is 1. The SMILES string of the molecule is CC1(C)CCCN1CCNC(=O)c1cc(Br)c(F)c(NC(=O)c2cnc3ccccn23)c1. The maximum absolute atomic E-state index is 14.7. The molecule has 1 saturated heterocycles. The van der Waals surface area contributed by atoms with E-state index < -0.39 is 11.7 Å². The van der Waals surface area contributed by atoms with Crippen LogP contribution in [-0.2, 0) is 0 Å². The Morgan fingerprint density at radius 3 is 2.81 bits per heavy atom. The molecule has 168 valence electrons. The van der Waals surface area contributed by atoms with E-state index in [0.29, 0.717) is 12.2 Å². The fourth-order valence-corrected chi connectivity index (χ4v) is 4.54. The van der Waals surface area contributed by atoms with Crippen molar-refractivity contribution in [2.75, 3.05) is 25.0 Å². The summed E-state index contributed by atoms with van der Waals surface area (Å²) in [6.07, 6.45) is 5.42. The van der Waals surface area contributed by atoms with Crippen LogP contribution in [0.5, 0.6) is 0 Å². The monoisotopic (exact) mass is 501 g/mol. The Balaban J connectivity index is 1.46. The summed E-state index contributed by atoms with van der Waals surface area (Å²) in [7, 11) is 0. The number of hydrogen-bond donors (Lipinski definition) is 2. The normalized spacial score (nSPS) is 15.8. The number of hydrogen-bond acceptors (Lipinski definition) is 4. The average Bonchev–Trinajstić information content (AvgIpc) is 3.34. The van der Waals surface area contributed by atoms with Crippen LogP contribution in [0.1, 0.15) is 47.5 Å². The minimum atomic E-state index is -0.650. The van der Waals surface area contributed by atoms with E-state index in [1.54, 1.807) is 22.7 Å². The first-order valence-electron chi connectivity index (χ1n) is 10.5. The molecule has 0 radical (unpaired) electrons. The smallest absolute Gasteiger partial charge is 0.274 e. The standard InChI is InChI=1S/C23H25BrFN5O2/c1-23(2)7-5-9-29(23)11-8-26-21(31)15-12-16(24)20(25)17(13-15)28-22(32)18-14-27-19-6-3-4-10-30(18)19/h3-4,6,10,12-14H,5,7-9,11H2,1-2H3,(H,26,31)(H,28,32). The summed E-state index contributed by atoms with van der Waals surface area (Å²) >= 11 is 3.15. The van der Waals surface area contributed by atoms with Crippen molar-refractivity contribution in [1.82, 2.24) is 19.6 Å². The van der Waals surface area contributed by atoms with Gasteiger partial charge in [-0.3, -0.25) is 18.9 Å². The number of anilines is 1. The topological polar surface area (TPSA) is 78.7 Å². The van der Waals surface area contributed by atoms with Gasteiger partial charge in [0.05, 0.1) is 16.4 Å². The van der Waals surface area contributed by atoms with Gasteiger partial charge in [-0.25, -0.2) is 9.37 Å². The Hall–Kier alpha value is -2.78. The number of imidazole rings is 1. The number of amides is 2. The molecule has 1 fully saturated rings. The van der Waals surface area contributed by atoms with E-state index in [2.05, 4.69) is 50.3 Å². The molecule has 32 heavy (non-hydrogen) atoms. The molecule has 0 saturated carbocycles. The van der Waals surface area contributed by atoms with Crippen molar-refractivity contribution >= 4 is 39.1 Å². The van der Waals surface area contributed by atoms with E-state index in [1.807, 2.05) is 6.07 Å². The lowest BCUT2D eigenvalue weighted by molar-refractivity contribution is 0.0938. The van der Waals surface area contributed by atoms with Gasteiger partial charge >= 0.3 is 0 Å². The molecule has 2 aromatic heterocycles. The number of halogens is 2. The zero-order valence-corrected chi connectivity index (χ0v) is 19.6. The zero-order chi connectivity index (χ0) is 22.9. The highest BCUT2D eigenvalue weighted by atomic mass is 79.9. The van der Waals surface area contributed by atoms with Gasteiger partial charge in [-0.15, -0.1) is 0 Å². The number of nitrogens with zero attached hydrogens (tertiary/aromatic N) is 3. The van der Waals surface area contributed by atoms with Crippen molar-refractivity contribution in [1.29, 1.82) is 0 Å². The number of nitrogens with one attached hydrogen (secondary N) is 2. The van der Waals surface area contributed by atoms with Gasteiger partial charge in [0.2, 0.25) is 0 Å². The van der Waals surface area contributed by atoms with Crippen molar-refractivity contribution < 1.29 is 14.0 Å². The third-order valence-electron chi connectivity index (χ3n) is 5.93. The summed E-state index contributed by atoms with van der Waals surface area (Å²) in [6, 6.07) is 8.11. The third kappa shape index (κ3) is 4.54. The van der Waals surface area contributed by atoms with E-state index in [1.165, 1.54) is 18.3 Å². The molecule has 0 bridgehead atoms. The summed E-state index contributed by atoms with van der Waals surface area (Å²) < 4.78 is 16.4. The van der Waals surface area contributed by atoms with E-state index in [-0.39, 0.29) is 32.9 Å². The van der Waals surface area contributed by atoms with Gasteiger partial charge in [0.15, 0.2) is 5.82 Å². The molecule has 1 aromatic carbocycles. The largest absolute Gasteiger partial charge is 0.351 e. The summed E-state index contributed by atoms with van der Waals surface area (Å²) in [5.74, 6) is -1.50. The molecule has 0 atom stereocenters. The predicted octanol–water partition coefficient (Wildman–Crippen LogP) is 4.09. The molecular formula is C23H25BrFN5O2. The fourth-order valence-electron chi connectivity index (χ4n) is 4.08. The van der Waals surface area contributed by atoms with Gasteiger partial charge in [0.1, 0.15) is 11.3 Å². The Morgan fingerprint density at radius 2 is 2.06 bits per heavy atom. The van der Waals surface area contributed by atoms with Crippen LogP contribution in [0.25, 0.3) is 5.65 Å². The lowest BCUT2D eigenvalue weighted by atomic mass is 10.0. The Morgan fingerprint density at radius 1 is 1.25 bits per heavy atom. The van der Waals surface area contributed by atoms with E-state index in [4.69, 9.17) is 0 Å². The highest BCUT2D eigenvalue weighted by Crippen LogP contribution is 2.28. The van der Waals surface area contributed by atoms with Gasteiger partial charge in [-0.2, -0.15) is 0 Å². The maximum Gasteiger partial charge on any atom is 0.274 e. The first kappa shape index (κ1) is 22.4. The fraction of sp³-hybridized carbons (Fsp3) is 0.348. The number of carbonyl (C=O) groups is 2. The minimum absolute atomic E-state index is 0.0823. The molecule has 1 aliphatic heterocycles. The molecule has 7 nitrogen and oxygen atoms in total. The molecule has 3 aromatic rings. The molecule has 0 aliphatic carbocycles. The number of aromatic nitrogens is 2. The second kappa shape index (κ2) is 8.99. The van der Waals surface area contributed by atoms with Gasteiger partial charge < -0.3 is 10.6 Å².